The van der Waals surface area contributed by atoms with Gasteiger partial charge in [0.1, 0.15) is 5.03 Å². The second kappa shape index (κ2) is 6.37. The predicted octanol–water partition coefficient (Wildman–Crippen LogP) is 3.45. The molecule has 4 nitrogen and oxygen atoms in total. The first-order valence-electron chi connectivity index (χ1n) is 6.94. The van der Waals surface area contributed by atoms with Crippen molar-refractivity contribution >= 4 is 11.8 Å². The van der Waals surface area contributed by atoms with Crippen molar-refractivity contribution in [1.82, 2.24) is 4.98 Å². The Hall–Kier alpha value is -1.72. The summed E-state index contributed by atoms with van der Waals surface area (Å²) in [4.78, 5) is 5.41. The Morgan fingerprint density at radius 2 is 1.95 bits per heavy atom. The fourth-order valence-corrected chi connectivity index (χ4v) is 2.81. The van der Waals surface area contributed by atoms with Crippen molar-refractivity contribution in [3.8, 4) is 11.5 Å². The van der Waals surface area contributed by atoms with Gasteiger partial charge in [-0.25, -0.2) is 4.98 Å². The topological polar surface area (TPSA) is 51.6 Å². The quantitative estimate of drug-likeness (QED) is 0.941. The van der Waals surface area contributed by atoms with Gasteiger partial charge in [0.25, 0.3) is 0 Å². The van der Waals surface area contributed by atoms with Crippen molar-refractivity contribution in [2.24, 2.45) is 0 Å². The van der Waals surface area contributed by atoms with E-state index in [1.807, 2.05) is 30.3 Å². The first-order chi connectivity index (χ1) is 10.2. The molecule has 110 valence electrons. The maximum absolute atomic E-state index is 9.49. The van der Waals surface area contributed by atoms with Crippen LogP contribution >= 0.6 is 11.8 Å². The highest BCUT2D eigenvalue weighted by molar-refractivity contribution is 7.99. The van der Waals surface area contributed by atoms with Crippen LogP contribution in [0.2, 0.25) is 0 Å². The predicted molar refractivity (Wildman–Crippen MR) is 81.0 cm³/mol. The van der Waals surface area contributed by atoms with E-state index in [0.29, 0.717) is 13.2 Å². The number of pyridine rings is 1. The van der Waals surface area contributed by atoms with Gasteiger partial charge in [-0.15, -0.1) is 0 Å². The van der Waals surface area contributed by atoms with Gasteiger partial charge in [0, 0.05) is 17.5 Å². The molecule has 2 aromatic rings. The number of fused-ring (bicyclic) bond motifs is 1. The molecule has 21 heavy (non-hydrogen) atoms. The van der Waals surface area contributed by atoms with Crippen LogP contribution in [0.3, 0.4) is 0 Å². The Morgan fingerprint density at radius 1 is 1.14 bits per heavy atom. The Labute approximate surface area is 128 Å². The standard InChI is InChI=1S/C16H17NO3S/c1-11(18)12-3-6-16(17-10-12)21-13-4-5-14-15(9-13)20-8-2-7-19-14/h3-6,9-11,18H,2,7-8H2,1H3/t11-/m0/s1. The number of aromatic nitrogens is 1. The average Bonchev–Trinajstić information content (AvgIpc) is 2.72. The number of hydrogen-bond acceptors (Lipinski definition) is 5. The second-order valence-corrected chi connectivity index (χ2v) is 5.96. The largest absolute Gasteiger partial charge is 0.490 e. The van der Waals surface area contributed by atoms with Crippen LogP contribution in [0.4, 0.5) is 0 Å². The van der Waals surface area contributed by atoms with Crippen molar-refractivity contribution < 1.29 is 14.6 Å². The summed E-state index contributed by atoms with van der Waals surface area (Å²) in [6.07, 6.45) is 2.12. The second-order valence-electron chi connectivity index (χ2n) is 4.87. The van der Waals surface area contributed by atoms with Crippen LogP contribution in [-0.4, -0.2) is 23.3 Å². The lowest BCUT2D eigenvalue weighted by molar-refractivity contribution is 0.198. The molecule has 1 aromatic heterocycles. The molecule has 3 rings (SSSR count). The molecule has 0 fully saturated rings. The third-order valence-electron chi connectivity index (χ3n) is 3.18. The highest BCUT2D eigenvalue weighted by atomic mass is 32.2. The van der Waals surface area contributed by atoms with Gasteiger partial charge in [-0.1, -0.05) is 17.8 Å². The molecule has 2 heterocycles. The molecule has 1 aliphatic heterocycles. The molecule has 1 N–H and O–H groups in total. The minimum absolute atomic E-state index is 0.491. The number of nitrogens with zero attached hydrogens (tertiary/aromatic N) is 1. The highest BCUT2D eigenvalue weighted by Crippen LogP contribution is 2.36. The lowest BCUT2D eigenvalue weighted by Crippen LogP contribution is -1.97. The number of rotatable bonds is 3. The minimum Gasteiger partial charge on any atom is -0.490 e. The van der Waals surface area contributed by atoms with E-state index in [1.54, 1.807) is 24.9 Å². The van der Waals surface area contributed by atoms with Crippen LogP contribution in [0.5, 0.6) is 11.5 Å². The third kappa shape index (κ3) is 3.49. The Bertz CT molecular complexity index is 613. The fraction of sp³-hybridized carbons (Fsp3) is 0.312. The van der Waals surface area contributed by atoms with Gasteiger partial charge in [-0.3, -0.25) is 0 Å². The molecule has 1 aromatic carbocycles. The molecule has 0 unspecified atom stereocenters. The van der Waals surface area contributed by atoms with E-state index in [0.717, 1.165) is 33.4 Å². The molecular formula is C16H17NO3S. The van der Waals surface area contributed by atoms with Gasteiger partial charge in [-0.05, 0) is 36.8 Å². The Morgan fingerprint density at radius 3 is 2.67 bits per heavy atom. The van der Waals surface area contributed by atoms with Gasteiger partial charge >= 0.3 is 0 Å². The molecule has 1 atom stereocenters. The van der Waals surface area contributed by atoms with Crippen molar-refractivity contribution in [1.29, 1.82) is 0 Å². The molecule has 0 saturated carbocycles. The lowest BCUT2D eigenvalue weighted by atomic mass is 10.2. The van der Waals surface area contributed by atoms with Crippen molar-refractivity contribution in [2.75, 3.05) is 13.2 Å². The van der Waals surface area contributed by atoms with Crippen LogP contribution < -0.4 is 9.47 Å². The molecule has 0 amide bonds. The minimum atomic E-state index is -0.491. The fourth-order valence-electron chi connectivity index (χ4n) is 2.03. The molecule has 1 aliphatic rings. The van der Waals surface area contributed by atoms with Gasteiger partial charge in [0.05, 0.1) is 19.3 Å². The molecule has 0 aliphatic carbocycles. The van der Waals surface area contributed by atoms with Crippen LogP contribution in [0.15, 0.2) is 46.5 Å². The van der Waals surface area contributed by atoms with Gasteiger partial charge in [-0.2, -0.15) is 0 Å². The summed E-state index contributed by atoms with van der Waals surface area (Å²) in [6, 6.07) is 9.73. The number of aliphatic hydroxyl groups is 1. The molecule has 0 spiro atoms. The molecule has 5 heteroatoms. The number of ether oxygens (including phenoxy) is 2. The van der Waals surface area contributed by atoms with Crippen molar-refractivity contribution in [3.63, 3.8) is 0 Å². The van der Waals surface area contributed by atoms with E-state index in [2.05, 4.69) is 4.98 Å². The summed E-state index contributed by atoms with van der Waals surface area (Å²) in [6.45, 7) is 3.11. The summed E-state index contributed by atoms with van der Waals surface area (Å²) >= 11 is 1.56. The number of hydrogen-bond donors (Lipinski definition) is 1. The zero-order chi connectivity index (χ0) is 14.7. The molecular weight excluding hydrogens is 286 g/mol. The summed E-state index contributed by atoms with van der Waals surface area (Å²) in [5.74, 6) is 1.59. The van der Waals surface area contributed by atoms with Crippen LogP contribution in [0.25, 0.3) is 0 Å². The van der Waals surface area contributed by atoms with E-state index in [-0.39, 0.29) is 0 Å². The van der Waals surface area contributed by atoms with E-state index < -0.39 is 6.10 Å². The van der Waals surface area contributed by atoms with Crippen LogP contribution in [0, 0.1) is 0 Å². The zero-order valence-electron chi connectivity index (χ0n) is 11.8. The monoisotopic (exact) mass is 303 g/mol. The first kappa shape index (κ1) is 14.2. The molecule has 0 bridgehead atoms. The summed E-state index contributed by atoms with van der Waals surface area (Å²) in [5.41, 5.74) is 0.818. The Kier molecular flexibility index (Phi) is 4.31. The average molecular weight is 303 g/mol. The van der Waals surface area contributed by atoms with E-state index in [1.165, 1.54) is 0 Å². The SMILES string of the molecule is C[C@H](O)c1ccc(Sc2ccc3c(c2)OCCCO3)nc1. The smallest absolute Gasteiger partial charge is 0.162 e. The molecule has 0 radical (unpaired) electrons. The maximum Gasteiger partial charge on any atom is 0.162 e. The maximum atomic E-state index is 9.49. The summed E-state index contributed by atoms with van der Waals surface area (Å²) in [5, 5.41) is 10.4. The van der Waals surface area contributed by atoms with Crippen molar-refractivity contribution in [3.05, 3.63) is 42.1 Å². The van der Waals surface area contributed by atoms with Gasteiger partial charge in [0.15, 0.2) is 11.5 Å². The summed E-state index contributed by atoms with van der Waals surface area (Å²) in [7, 11) is 0. The van der Waals surface area contributed by atoms with E-state index in [4.69, 9.17) is 9.47 Å². The number of benzene rings is 1. The lowest BCUT2D eigenvalue weighted by Gasteiger charge is -2.09. The van der Waals surface area contributed by atoms with E-state index >= 15 is 0 Å². The summed E-state index contributed by atoms with van der Waals surface area (Å²) < 4.78 is 11.3. The molecule has 0 saturated heterocycles. The van der Waals surface area contributed by atoms with E-state index in [9.17, 15) is 5.11 Å². The zero-order valence-corrected chi connectivity index (χ0v) is 12.6. The Balaban J connectivity index is 1.77. The van der Waals surface area contributed by atoms with Crippen LogP contribution in [-0.2, 0) is 0 Å². The van der Waals surface area contributed by atoms with Crippen molar-refractivity contribution in [2.45, 2.75) is 29.4 Å². The normalized spacial score (nSPS) is 15.3. The third-order valence-corrected chi connectivity index (χ3v) is 4.12. The first-order valence-corrected chi connectivity index (χ1v) is 7.75. The van der Waals surface area contributed by atoms with Gasteiger partial charge < -0.3 is 14.6 Å². The van der Waals surface area contributed by atoms with Gasteiger partial charge in [0.2, 0.25) is 0 Å². The highest BCUT2D eigenvalue weighted by Gasteiger charge is 2.11. The van der Waals surface area contributed by atoms with Crippen LogP contribution in [0.1, 0.15) is 25.0 Å². The number of aliphatic hydroxyl groups excluding tert-OH is 1.